The first-order valence-corrected chi connectivity index (χ1v) is 6.88. The molecule has 1 unspecified atom stereocenters. The van der Waals surface area contributed by atoms with Gasteiger partial charge in [0.25, 0.3) is 0 Å². The molecule has 0 aliphatic heterocycles. The summed E-state index contributed by atoms with van der Waals surface area (Å²) in [5.74, 6) is -0.0562. The van der Waals surface area contributed by atoms with Crippen molar-refractivity contribution in [2.75, 3.05) is 7.11 Å². The standard InChI is InChI=1S/C17H18FNO3.ClH/c1-21-17(20)16(19)10-12-5-7-15(8-6-12)22-11-13-3-2-4-14(18)9-13;/h2-9,16H,10-11,19H2,1H3;1H. The zero-order valence-electron chi connectivity index (χ0n) is 12.7. The lowest BCUT2D eigenvalue weighted by Gasteiger charge is -2.10. The quantitative estimate of drug-likeness (QED) is 0.822. The van der Waals surface area contributed by atoms with Crippen molar-refractivity contribution < 1.29 is 18.7 Å². The van der Waals surface area contributed by atoms with Gasteiger partial charge in [0.05, 0.1) is 7.11 Å². The van der Waals surface area contributed by atoms with Crippen LogP contribution >= 0.6 is 12.4 Å². The van der Waals surface area contributed by atoms with E-state index in [-0.39, 0.29) is 18.2 Å². The molecule has 124 valence electrons. The van der Waals surface area contributed by atoms with Gasteiger partial charge in [0.1, 0.15) is 24.2 Å². The highest BCUT2D eigenvalue weighted by Gasteiger charge is 2.13. The SMILES string of the molecule is COC(=O)C(N)Cc1ccc(OCc2cccc(F)c2)cc1.Cl. The number of esters is 1. The third kappa shape index (κ3) is 5.88. The summed E-state index contributed by atoms with van der Waals surface area (Å²) >= 11 is 0. The van der Waals surface area contributed by atoms with Gasteiger partial charge in [0, 0.05) is 0 Å². The zero-order valence-corrected chi connectivity index (χ0v) is 13.5. The largest absolute Gasteiger partial charge is 0.489 e. The molecule has 0 radical (unpaired) electrons. The van der Waals surface area contributed by atoms with E-state index in [1.165, 1.54) is 19.2 Å². The fourth-order valence-electron chi connectivity index (χ4n) is 2.00. The Hall–Kier alpha value is -2.11. The van der Waals surface area contributed by atoms with E-state index in [1.54, 1.807) is 24.3 Å². The Balaban J connectivity index is 0.00000264. The summed E-state index contributed by atoms with van der Waals surface area (Å²) in [6.45, 7) is 0.290. The summed E-state index contributed by atoms with van der Waals surface area (Å²) in [5, 5.41) is 0. The van der Waals surface area contributed by atoms with Crippen LogP contribution in [0.4, 0.5) is 4.39 Å². The third-order valence-electron chi connectivity index (χ3n) is 3.18. The Morgan fingerprint density at radius 2 is 1.87 bits per heavy atom. The first-order chi connectivity index (χ1) is 10.6. The molecule has 0 aliphatic carbocycles. The maximum Gasteiger partial charge on any atom is 0.322 e. The van der Waals surface area contributed by atoms with Crippen LogP contribution in [0.15, 0.2) is 48.5 Å². The number of methoxy groups -OCH3 is 1. The maximum atomic E-state index is 13.1. The minimum Gasteiger partial charge on any atom is -0.489 e. The predicted octanol–water partition coefficient (Wildman–Crippen LogP) is 2.87. The third-order valence-corrected chi connectivity index (χ3v) is 3.18. The molecule has 0 aliphatic rings. The van der Waals surface area contributed by atoms with Crippen LogP contribution in [0, 0.1) is 5.82 Å². The van der Waals surface area contributed by atoms with Crippen LogP contribution in [0.2, 0.25) is 0 Å². The normalized spacial score (nSPS) is 11.3. The molecule has 1 atom stereocenters. The molecule has 2 aromatic rings. The highest BCUT2D eigenvalue weighted by atomic mass is 35.5. The molecule has 0 fully saturated rings. The van der Waals surface area contributed by atoms with Crippen molar-refractivity contribution in [1.82, 2.24) is 0 Å². The topological polar surface area (TPSA) is 61.5 Å². The molecule has 0 saturated heterocycles. The summed E-state index contributed by atoms with van der Waals surface area (Å²) in [6, 6.07) is 12.8. The Labute approximate surface area is 140 Å². The summed E-state index contributed by atoms with van der Waals surface area (Å²) in [6.07, 6.45) is 0.400. The molecular formula is C17H19ClFNO3. The number of carbonyl (C=O) groups is 1. The summed E-state index contributed by atoms with van der Waals surface area (Å²) < 4.78 is 23.2. The molecule has 0 heterocycles. The van der Waals surface area contributed by atoms with E-state index in [4.69, 9.17) is 10.5 Å². The van der Waals surface area contributed by atoms with Gasteiger partial charge >= 0.3 is 5.97 Å². The van der Waals surface area contributed by atoms with Crippen molar-refractivity contribution in [2.24, 2.45) is 5.73 Å². The van der Waals surface area contributed by atoms with Crippen molar-refractivity contribution in [3.63, 3.8) is 0 Å². The lowest BCUT2D eigenvalue weighted by molar-refractivity contribution is -0.142. The van der Waals surface area contributed by atoms with Crippen LogP contribution in [0.1, 0.15) is 11.1 Å². The van der Waals surface area contributed by atoms with Gasteiger partial charge in [-0.1, -0.05) is 24.3 Å². The summed E-state index contributed by atoms with van der Waals surface area (Å²) in [5.41, 5.74) is 7.38. The Kier molecular flexibility index (Phi) is 7.51. The highest BCUT2D eigenvalue weighted by Crippen LogP contribution is 2.15. The molecule has 0 spiro atoms. The molecule has 0 amide bonds. The second-order valence-electron chi connectivity index (χ2n) is 4.90. The van der Waals surface area contributed by atoms with Gasteiger partial charge in [-0.3, -0.25) is 4.79 Å². The van der Waals surface area contributed by atoms with Gasteiger partial charge in [-0.05, 0) is 41.8 Å². The Morgan fingerprint density at radius 1 is 1.17 bits per heavy atom. The predicted molar refractivity (Wildman–Crippen MR) is 88.1 cm³/mol. The fourth-order valence-corrected chi connectivity index (χ4v) is 2.00. The number of halogens is 2. The van der Waals surface area contributed by atoms with Crippen LogP contribution in [-0.4, -0.2) is 19.1 Å². The van der Waals surface area contributed by atoms with E-state index in [2.05, 4.69) is 4.74 Å². The average molecular weight is 340 g/mol. The molecular weight excluding hydrogens is 321 g/mol. The lowest BCUT2D eigenvalue weighted by Crippen LogP contribution is -2.33. The van der Waals surface area contributed by atoms with Gasteiger partial charge in [-0.25, -0.2) is 4.39 Å². The number of benzene rings is 2. The molecule has 0 saturated carbocycles. The van der Waals surface area contributed by atoms with Gasteiger partial charge in [-0.2, -0.15) is 0 Å². The molecule has 6 heteroatoms. The average Bonchev–Trinajstić information content (AvgIpc) is 2.53. The number of hydrogen-bond acceptors (Lipinski definition) is 4. The lowest BCUT2D eigenvalue weighted by atomic mass is 10.1. The second kappa shape index (κ2) is 9.12. The monoisotopic (exact) mass is 339 g/mol. The van der Waals surface area contributed by atoms with Crippen LogP contribution in [-0.2, 0) is 22.6 Å². The number of ether oxygens (including phenoxy) is 2. The first kappa shape index (κ1) is 18.9. The summed E-state index contributed by atoms with van der Waals surface area (Å²) in [4.78, 5) is 11.3. The van der Waals surface area contributed by atoms with Crippen molar-refractivity contribution in [2.45, 2.75) is 19.1 Å². The summed E-state index contributed by atoms with van der Waals surface area (Å²) in [7, 11) is 1.31. The number of nitrogens with two attached hydrogens (primary N) is 1. The van der Waals surface area contributed by atoms with Gasteiger partial charge in [0.2, 0.25) is 0 Å². The van der Waals surface area contributed by atoms with E-state index in [0.717, 1.165) is 11.1 Å². The molecule has 2 rings (SSSR count). The van der Waals surface area contributed by atoms with E-state index in [0.29, 0.717) is 18.8 Å². The van der Waals surface area contributed by atoms with Crippen molar-refractivity contribution in [3.05, 3.63) is 65.5 Å². The van der Waals surface area contributed by atoms with Gasteiger partial charge < -0.3 is 15.2 Å². The molecule has 0 bridgehead atoms. The molecule has 4 nitrogen and oxygen atoms in total. The Morgan fingerprint density at radius 3 is 2.48 bits per heavy atom. The zero-order chi connectivity index (χ0) is 15.9. The van der Waals surface area contributed by atoms with Crippen LogP contribution in [0.25, 0.3) is 0 Å². The number of rotatable bonds is 6. The van der Waals surface area contributed by atoms with Gasteiger partial charge in [-0.15, -0.1) is 12.4 Å². The van der Waals surface area contributed by atoms with E-state index < -0.39 is 12.0 Å². The molecule has 23 heavy (non-hydrogen) atoms. The molecule has 2 N–H and O–H groups in total. The minimum absolute atomic E-state index is 0. The van der Waals surface area contributed by atoms with E-state index in [1.807, 2.05) is 12.1 Å². The van der Waals surface area contributed by atoms with E-state index in [9.17, 15) is 9.18 Å². The Bertz CT molecular complexity index is 634. The van der Waals surface area contributed by atoms with Crippen LogP contribution in [0.5, 0.6) is 5.75 Å². The maximum absolute atomic E-state index is 13.1. The number of hydrogen-bond donors (Lipinski definition) is 1. The van der Waals surface area contributed by atoms with Crippen LogP contribution in [0.3, 0.4) is 0 Å². The van der Waals surface area contributed by atoms with Crippen molar-refractivity contribution in [1.29, 1.82) is 0 Å². The minimum atomic E-state index is -0.677. The number of carbonyl (C=O) groups excluding carboxylic acids is 1. The van der Waals surface area contributed by atoms with E-state index >= 15 is 0 Å². The van der Waals surface area contributed by atoms with Crippen LogP contribution < -0.4 is 10.5 Å². The van der Waals surface area contributed by atoms with Gasteiger partial charge in [0.15, 0.2) is 0 Å². The highest BCUT2D eigenvalue weighted by molar-refractivity contribution is 5.85. The fraction of sp³-hybridized carbons (Fsp3) is 0.235. The van der Waals surface area contributed by atoms with Crippen molar-refractivity contribution in [3.8, 4) is 5.75 Å². The molecule has 0 aromatic heterocycles. The smallest absolute Gasteiger partial charge is 0.322 e. The second-order valence-corrected chi connectivity index (χ2v) is 4.90. The first-order valence-electron chi connectivity index (χ1n) is 6.88. The van der Waals surface area contributed by atoms with Crippen molar-refractivity contribution >= 4 is 18.4 Å². The molecule has 2 aromatic carbocycles.